The third-order valence-corrected chi connectivity index (χ3v) is 2.83. The van der Waals surface area contributed by atoms with Crippen molar-refractivity contribution >= 4 is 0 Å². The fourth-order valence-electron chi connectivity index (χ4n) is 1.45. The summed E-state index contributed by atoms with van der Waals surface area (Å²) in [6.07, 6.45) is 1.49. The molecule has 0 radical (unpaired) electrons. The molecule has 0 bridgehead atoms. The Kier molecular flexibility index (Phi) is 5.08. The SMILES string of the molecule is C=COCC(COc1ccccc1)C(C)(C)C. The molecule has 0 amide bonds. The number of hydrogen-bond donors (Lipinski definition) is 0. The van der Waals surface area contributed by atoms with Crippen molar-refractivity contribution < 1.29 is 9.47 Å². The molecule has 1 rings (SSSR count). The van der Waals surface area contributed by atoms with Crippen molar-refractivity contribution in [1.82, 2.24) is 0 Å². The largest absolute Gasteiger partial charge is 0.501 e. The zero-order chi connectivity index (χ0) is 12.7. The van der Waals surface area contributed by atoms with Crippen LogP contribution in [-0.4, -0.2) is 13.2 Å². The molecule has 0 aliphatic heterocycles. The Balaban J connectivity index is 2.52. The van der Waals surface area contributed by atoms with E-state index < -0.39 is 0 Å². The molecule has 0 aliphatic carbocycles. The summed E-state index contributed by atoms with van der Waals surface area (Å²) in [7, 11) is 0. The monoisotopic (exact) mass is 234 g/mol. The highest BCUT2D eigenvalue weighted by atomic mass is 16.5. The van der Waals surface area contributed by atoms with Crippen molar-refractivity contribution in [2.45, 2.75) is 20.8 Å². The molecule has 0 saturated heterocycles. The van der Waals surface area contributed by atoms with Crippen molar-refractivity contribution in [3.8, 4) is 5.75 Å². The van der Waals surface area contributed by atoms with Crippen LogP contribution < -0.4 is 4.74 Å². The third-order valence-electron chi connectivity index (χ3n) is 2.83. The van der Waals surface area contributed by atoms with Crippen LogP contribution in [0.5, 0.6) is 5.75 Å². The molecule has 0 aromatic heterocycles. The van der Waals surface area contributed by atoms with Crippen LogP contribution >= 0.6 is 0 Å². The van der Waals surface area contributed by atoms with Gasteiger partial charge in [0.25, 0.3) is 0 Å². The van der Waals surface area contributed by atoms with Crippen LogP contribution in [0.25, 0.3) is 0 Å². The van der Waals surface area contributed by atoms with Crippen LogP contribution in [0.3, 0.4) is 0 Å². The summed E-state index contributed by atoms with van der Waals surface area (Å²) in [5.41, 5.74) is 0.151. The molecule has 0 fully saturated rings. The molecule has 1 aromatic rings. The van der Waals surface area contributed by atoms with Crippen LogP contribution in [0.2, 0.25) is 0 Å². The van der Waals surface area contributed by atoms with Crippen molar-refractivity contribution in [1.29, 1.82) is 0 Å². The Morgan fingerprint density at radius 1 is 1.18 bits per heavy atom. The highest BCUT2D eigenvalue weighted by Gasteiger charge is 2.25. The number of ether oxygens (including phenoxy) is 2. The molecule has 0 N–H and O–H groups in total. The van der Waals surface area contributed by atoms with Crippen LogP contribution in [0.4, 0.5) is 0 Å². The Labute approximate surface area is 104 Å². The van der Waals surface area contributed by atoms with Crippen molar-refractivity contribution in [2.75, 3.05) is 13.2 Å². The van der Waals surface area contributed by atoms with Gasteiger partial charge in [0.15, 0.2) is 0 Å². The molecule has 17 heavy (non-hydrogen) atoms. The number of rotatable bonds is 6. The van der Waals surface area contributed by atoms with E-state index >= 15 is 0 Å². The molecule has 0 aliphatic rings. The van der Waals surface area contributed by atoms with Gasteiger partial charge in [-0.3, -0.25) is 0 Å². The first-order valence-electron chi connectivity index (χ1n) is 5.94. The second-order valence-electron chi connectivity index (χ2n) is 5.19. The molecule has 94 valence electrons. The molecule has 2 heteroatoms. The smallest absolute Gasteiger partial charge is 0.119 e. The maximum absolute atomic E-state index is 5.78. The zero-order valence-corrected chi connectivity index (χ0v) is 11.0. The Hall–Kier alpha value is -1.44. The molecule has 2 nitrogen and oxygen atoms in total. The second kappa shape index (κ2) is 6.33. The summed E-state index contributed by atoms with van der Waals surface area (Å²) in [6, 6.07) is 9.86. The first-order chi connectivity index (χ1) is 8.04. The average molecular weight is 234 g/mol. The summed E-state index contributed by atoms with van der Waals surface area (Å²) in [4.78, 5) is 0. The third kappa shape index (κ3) is 4.94. The van der Waals surface area contributed by atoms with E-state index in [-0.39, 0.29) is 5.41 Å². The first kappa shape index (κ1) is 13.6. The van der Waals surface area contributed by atoms with Gasteiger partial charge in [-0.25, -0.2) is 0 Å². The standard InChI is InChI=1S/C15H22O2/c1-5-16-11-13(15(2,3)4)12-17-14-9-7-6-8-10-14/h5-10,13H,1,11-12H2,2-4H3. The van der Waals surface area contributed by atoms with Gasteiger partial charge in [0.1, 0.15) is 5.75 Å². The summed E-state index contributed by atoms with van der Waals surface area (Å²) in [5, 5.41) is 0. The van der Waals surface area contributed by atoms with Crippen LogP contribution in [0, 0.1) is 11.3 Å². The van der Waals surface area contributed by atoms with E-state index in [1.807, 2.05) is 30.3 Å². The van der Waals surface area contributed by atoms with Crippen molar-refractivity contribution in [3.05, 3.63) is 43.2 Å². The Bertz CT molecular complexity index is 325. The minimum Gasteiger partial charge on any atom is -0.501 e. The fourth-order valence-corrected chi connectivity index (χ4v) is 1.45. The highest BCUT2D eigenvalue weighted by Crippen LogP contribution is 2.27. The van der Waals surface area contributed by atoms with E-state index in [4.69, 9.17) is 9.47 Å². The lowest BCUT2D eigenvalue weighted by molar-refractivity contribution is 0.0727. The molecule has 1 atom stereocenters. The van der Waals surface area contributed by atoms with Gasteiger partial charge >= 0.3 is 0 Å². The van der Waals surface area contributed by atoms with Gasteiger partial charge in [-0.05, 0) is 17.5 Å². The van der Waals surface area contributed by atoms with Gasteiger partial charge in [0.2, 0.25) is 0 Å². The van der Waals surface area contributed by atoms with E-state index in [0.717, 1.165) is 5.75 Å². The average Bonchev–Trinajstić information content (AvgIpc) is 2.29. The predicted molar refractivity (Wildman–Crippen MR) is 71.0 cm³/mol. The van der Waals surface area contributed by atoms with Crippen LogP contribution in [-0.2, 0) is 4.74 Å². The molecule has 0 spiro atoms. The number of para-hydroxylation sites is 1. The van der Waals surface area contributed by atoms with Gasteiger partial charge in [-0.15, -0.1) is 0 Å². The van der Waals surface area contributed by atoms with Gasteiger partial charge in [0, 0.05) is 5.92 Å². The quantitative estimate of drug-likeness (QED) is 0.695. The lowest BCUT2D eigenvalue weighted by Gasteiger charge is -2.29. The van der Waals surface area contributed by atoms with E-state index in [0.29, 0.717) is 19.1 Å². The van der Waals surface area contributed by atoms with Gasteiger partial charge in [-0.2, -0.15) is 0 Å². The summed E-state index contributed by atoms with van der Waals surface area (Å²) >= 11 is 0. The first-order valence-corrected chi connectivity index (χ1v) is 5.94. The summed E-state index contributed by atoms with van der Waals surface area (Å²) in [6.45, 7) is 11.4. The number of hydrogen-bond acceptors (Lipinski definition) is 2. The van der Waals surface area contributed by atoms with Gasteiger partial charge in [0.05, 0.1) is 19.5 Å². The zero-order valence-electron chi connectivity index (χ0n) is 11.0. The Morgan fingerprint density at radius 3 is 2.35 bits per heavy atom. The topological polar surface area (TPSA) is 18.5 Å². The minimum atomic E-state index is 0.151. The lowest BCUT2D eigenvalue weighted by atomic mass is 9.82. The fraction of sp³-hybridized carbons (Fsp3) is 0.467. The molecular weight excluding hydrogens is 212 g/mol. The van der Waals surface area contributed by atoms with E-state index in [9.17, 15) is 0 Å². The molecule has 1 aromatic carbocycles. The van der Waals surface area contributed by atoms with Crippen LogP contribution in [0.1, 0.15) is 20.8 Å². The van der Waals surface area contributed by atoms with Gasteiger partial charge in [-0.1, -0.05) is 45.5 Å². The van der Waals surface area contributed by atoms with E-state index in [1.54, 1.807) is 0 Å². The normalized spacial score (nSPS) is 12.9. The summed E-state index contributed by atoms with van der Waals surface area (Å²) in [5.74, 6) is 1.24. The van der Waals surface area contributed by atoms with Crippen molar-refractivity contribution in [2.24, 2.45) is 11.3 Å². The summed E-state index contributed by atoms with van der Waals surface area (Å²) < 4.78 is 11.1. The van der Waals surface area contributed by atoms with E-state index in [2.05, 4.69) is 27.4 Å². The minimum absolute atomic E-state index is 0.151. The van der Waals surface area contributed by atoms with Crippen molar-refractivity contribution in [3.63, 3.8) is 0 Å². The molecule has 0 saturated carbocycles. The second-order valence-corrected chi connectivity index (χ2v) is 5.19. The Morgan fingerprint density at radius 2 is 1.82 bits per heavy atom. The maximum Gasteiger partial charge on any atom is 0.119 e. The maximum atomic E-state index is 5.78. The predicted octanol–water partition coefficient (Wildman–Crippen LogP) is 3.89. The molecule has 0 heterocycles. The molecular formula is C15H22O2. The lowest BCUT2D eigenvalue weighted by Crippen LogP contribution is -2.30. The van der Waals surface area contributed by atoms with E-state index in [1.165, 1.54) is 6.26 Å². The van der Waals surface area contributed by atoms with Gasteiger partial charge < -0.3 is 9.47 Å². The van der Waals surface area contributed by atoms with Crippen LogP contribution in [0.15, 0.2) is 43.2 Å². The highest BCUT2D eigenvalue weighted by molar-refractivity contribution is 5.20. The number of benzene rings is 1. The molecule has 1 unspecified atom stereocenters.